The highest BCUT2D eigenvalue weighted by atomic mass is 15.2. The number of aromatic nitrogens is 6. The second kappa shape index (κ2) is 6.95. The molecule has 8 atom stereocenters. The molecule has 194 valence electrons. The minimum absolute atomic E-state index is 0.348. The van der Waals surface area contributed by atoms with E-state index in [-0.39, 0.29) is 0 Å². The number of rotatable bonds is 4. The van der Waals surface area contributed by atoms with Crippen molar-refractivity contribution in [3.63, 3.8) is 0 Å². The fourth-order valence-electron chi connectivity index (χ4n) is 7.89. The number of nitrogens with zero attached hydrogens (tertiary/aromatic N) is 4. The van der Waals surface area contributed by atoms with Gasteiger partial charge in [-0.1, -0.05) is 18.2 Å². The van der Waals surface area contributed by atoms with Crippen molar-refractivity contribution in [2.24, 2.45) is 23.7 Å². The van der Waals surface area contributed by atoms with Crippen LogP contribution >= 0.6 is 0 Å². The molecule has 3 saturated heterocycles. The number of H-pyrrole nitrogens is 2. The van der Waals surface area contributed by atoms with Gasteiger partial charge in [0.1, 0.15) is 11.6 Å². The number of hydrogen-bond donors (Lipinski definition) is 4. The first kappa shape index (κ1) is 20.7. The van der Waals surface area contributed by atoms with Gasteiger partial charge in [0.25, 0.3) is 0 Å². The summed E-state index contributed by atoms with van der Waals surface area (Å²) in [4.78, 5) is 26.7. The van der Waals surface area contributed by atoms with Crippen LogP contribution < -0.4 is 10.6 Å². The van der Waals surface area contributed by atoms with Crippen LogP contribution in [0.4, 0.5) is 0 Å². The molecule has 8 heteroatoms. The van der Waals surface area contributed by atoms with Gasteiger partial charge in [-0.25, -0.2) is 15.0 Å². The van der Waals surface area contributed by atoms with Crippen LogP contribution in [0.3, 0.4) is 0 Å². The molecule has 3 aromatic heterocycles. The van der Waals surface area contributed by atoms with Gasteiger partial charge >= 0.3 is 0 Å². The van der Waals surface area contributed by atoms with E-state index in [0.29, 0.717) is 18.1 Å². The predicted molar refractivity (Wildman–Crippen MR) is 152 cm³/mol. The minimum atomic E-state index is 0.348. The third-order valence-electron chi connectivity index (χ3n) is 10.3. The van der Waals surface area contributed by atoms with Crippen LogP contribution in [0.15, 0.2) is 60.8 Å². The summed E-state index contributed by atoms with van der Waals surface area (Å²) in [7, 11) is 0. The van der Waals surface area contributed by atoms with Crippen molar-refractivity contribution < 1.29 is 0 Å². The van der Waals surface area contributed by atoms with Crippen LogP contribution in [0.25, 0.3) is 55.5 Å². The first-order valence-electron chi connectivity index (χ1n) is 14.5. The Morgan fingerprint density at radius 2 is 1.35 bits per heavy atom. The first-order chi connectivity index (χ1) is 19.7. The van der Waals surface area contributed by atoms with E-state index >= 15 is 0 Å². The fourth-order valence-corrected chi connectivity index (χ4v) is 7.89. The summed E-state index contributed by atoms with van der Waals surface area (Å²) in [6, 6.07) is 21.4. The van der Waals surface area contributed by atoms with Crippen molar-refractivity contribution in [2.45, 2.75) is 37.0 Å². The van der Waals surface area contributed by atoms with Gasteiger partial charge in [-0.3, -0.25) is 4.98 Å². The first-order valence-corrected chi connectivity index (χ1v) is 14.5. The highest BCUT2D eigenvalue weighted by molar-refractivity contribution is 5.87. The number of nitrogens with one attached hydrogen (secondary N) is 4. The van der Waals surface area contributed by atoms with E-state index in [1.54, 1.807) is 0 Å². The molecule has 3 aliphatic carbocycles. The zero-order valence-corrected chi connectivity index (χ0v) is 21.6. The number of piperidine rings is 2. The molecule has 8 nitrogen and oxygen atoms in total. The van der Waals surface area contributed by atoms with Gasteiger partial charge < -0.3 is 20.6 Å². The van der Waals surface area contributed by atoms with Crippen LogP contribution in [-0.4, -0.2) is 42.0 Å². The zero-order valence-electron chi connectivity index (χ0n) is 21.6. The number of hydrogen-bond acceptors (Lipinski definition) is 6. The molecule has 6 aliphatic rings. The average Bonchev–Trinajstić information content (AvgIpc) is 3.76. The van der Waals surface area contributed by atoms with Crippen LogP contribution in [0, 0.1) is 23.7 Å². The molecule has 3 saturated carbocycles. The van der Waals surface area contributed by atoms with E-state index in [2.05, 4.69) is 75.2 Å². The summed E-state index contributed by atoms with van der Waals surface area (Å²) >= 11 is 0. The van der Waals surface area contributed by atoms with Crippen LogP contribution in [-0.2, 0) is 0 Å². The molecule has 4 N–H and O–H groups in total. The average molecular weight is 523 g/mol. The summed E-state index contributed by atoms with van der Waals surface area (Å²) in [5.41, 5.74) is 10.1. The van der Waals surface area contributed by atoms with Crippen molar-refractivity contribution in [2.75, 3.05) is 0 Å². The van der Waals surface area contributed by atoms with Gasteiger partial charge in [-0.15, -0.1) is 0 Å². The Labute approximate surface area is 229 Å². The number of aromatic amines is 2. The molecule has 6 heterocycles. The highest BCUT2D eigenvalue weighted by Crippen LogP contribution is 2.77. The molecule has 0 spiro atoms. The van der Waals surface area contributed by atoms with Gasteiger partial charge in [0, 0.05) is 17.6 Å². The van der Waals surface area contributed by atoms with Gasteiger partial charge in [0.15, 0.2) is 0 Å². The molecule has 40 heavy (non-hydrogen) atoms. The second-order valence-electron chi connectivity index (χ2n) is 12.6. The molecule has 12 rings (SSSR count). The molecular weight excluding hydrogens is 496 g/mol. The second-order valence-corrected chi connectivity index (χ2v) is 12.6. The zero-order chi connectivity index (χ0) is 25.7. The smallest absolute Gasteiger partial charge is 0.124 e. The molecule has 0 radical (unpaired) electrons. The van der Waals surface area contributed by atoms with Gasteiger partial charge in [0.2, 0.25) is 0 Å². The van der Waals surface area contributed by atoms with E-state index < -0.39 is 0 Å². The van der Waals surface area contributed by atoms with Crippen molar-refractivity contribution in [3.8, 4) is 22.4 Å². The van der Waals surface area contributed by atoms with Crippen molar-refractivity contribution in [1.82, 2.24) is 40.5 Å². The lowest BCUT2D eigenvalue weighted by atomic mass is 10.0. The molecule has 2 unspecified atom stereocenters. The lowest BCUT2D eigenvalue weighted by Crippen LogP contribution is -2.18. The Hall–Kier alpha value is -4.14. The summed E-state index contributed by atoms with van der Waals surface area (Å²) in [6.07, 6.45) is 4.39. The SMILES string of the molecule is c1cc2nc(-c3ccc4nc([C@@H]5C[C@H]6C[C@H]6N5)[nH]c4c3)cnc2cc1-c1ccc2nc([C@H]3N[C@@H]4C5C3[C@@H]54)[nH]c2c1. The maximum Gasteiger partial charge on any atom is 0.124 e. The maximum atomic E-state index is 4.97. The summed E-state index contributed by atoms with van der Waals surface area (Å²) in [5, 5.41) is 7.42. The van der Waals surface area contributed by atoms with E-state index in [9.17, 15) is 0 Å². The molecule has 3 aromatic carbocycles. The summed E-state index contributed by atoms with van der Waals surface area (Å²) in [5.74, 6) is 5.66. The summed E-state index contributed by atoms with van der Waals surface area (Å²) < 4.78 is 0. The normalized spacial score (nSPS) is 32.6. The van der Waals surface area contributed by atoms with Crippen LogP contribution in [0.2, 0.25) is 0 Å². The molecule has 6 aromatic rings. The highest BCUT2D eigenvalue weighted by Gasteiger charge is 2.81. The van der Waals surface area contributed by atoms with Gasteiger partial charge in [-0.05, 0) is 84.0 Å². The number of benzene rings is 3. The Morgan fingerprint density at radius 1 is 0.625 bits per heavy atom. The lowest BCUT2D eigenvalue weighted by molar-refractivity contribution is 0.544. The quantitative estimate of drug-likeness (QED) is 0.259. The number of imidazole rings is 2. The van der Waals surface area contributed by atoms with Crippen LogP contribution in [0.1, 0.15) is 36.6 Å². The summed E-state index contributed by atoms with van der Waals surface area (Å²) in [6.45, 7) is 0. The van der Waals surface area contributed by atoms with Crippen molar-refractivity contribution in [3.05, 3.63) is 72.4 Å². The topological polar surface area (TPSA) is 107 Å². The van der Waals surface area contributed by atoms with Gasteiger partial charge in [-0.2, -0.15) is 0 Å². The Bertz CT molecular complexity index is 2030. The Balaban J connectivity index is 0.899. The lowest BCUT2D eigenvalue weighted by Gasteiger charge is -2.08. The number of fused-ring (bicyclic) bond motifs is 5. The third kappa shape index (κ3) is 2.82. The molecule has 6 fully saturated rings. The van der Waals surface area contributed by atoms with E-state index in [0.717, 1.165) is 96.8 Å². The van der Waals surface area contributed by atoms with E-state index in [1.165, 1.54) is 12.8 Å². The Kier molecular flexibility index (Phi) is 3.60. The largest absolute Gasteiger partial charge is 0.341 e. The minimum Gasteiger partial charge on any atom is -0.341 e. The fraction of sp³-hybridized carbons (Fsp3) is 0.312. The van der Waals surface area contributed by atoms with Crippen molar-refractivity contribution >= 4 is 33.1 Å². The Morgan fingerprint density at radius 3 is 2.12 bits per heavy atom. The molecule has 2 bridgehead atoms. The molecule has 3 aliphatic heterocycles. The third-order valence-corrected chi connectivity index (χ3v) is 10.3. The predicted octanol–water partition coefficient (Wildman–Crippen LogP) is 5.03. The monoisotopic (exact) mass is 522 g/mol. The standard InChI is InChI=1S/C32H26N8/c1-4-17-21(7-13(1)14-2-5-19-22(8-14)39-32(37-19)30-28-26-27(28)29(26)40-30)33-12-25(34-17)15-3-6-18-23(9-15)38-31(36-18)24-11-16-10-20(16)35-24/h1-9,12,16,20,24,26-30,35,40H,10-11H2,(H,36,38)(H,37,39)/t16-,20-,24+,26-,27?,28?,29+,30+/m1/s1. The molecular formula is C32H26N8. The molecule has 0 amide bonds. The van der Waals surface area contributed by atoms with Crippen LogP contribution in [0.5, 0.6) is 0 Å². The van der Waals surface area contributed by atoms with Gasteiger partial charge in [0.05, 0.1) is 57.1 Å². The van der Waals surface area contributed by atoms with E-state index in [1.807, 2.05) is 6.20 Å². The maximum absolute atomic E-state index is 4.97. The van der Waals surface area contributed by atoms with E-state index in [4.69, 9.17) is 19.9 Å². The van der Waals surface area contributed by atoms with Crippen molar-refractivity contribution in [1.29, 1.82) is 0 Å².